The van der Waals surface area contributed by atoms with Crippen molar-refractivity contribution >= 4 is 23.0 Å². The fourth-order valence-corrected chi connectivity index (χ4v) is 2.31. The Bertz CT molecular complexity index is 572. The summed E-state index contributed by atoms with van der Waals surface area (Å²) in [5, 5.41) is 26.3. The first-order chi connectivity index (χ1) is 9.92. The lowest BCUT2D eigenvalue weighted by Crippen LogP contribution is -2.30. The Morgan fingerprint density at radius 1 is 1.43 bits per heavy atom. The van der Waals surface area contributed by atoms with E-state index in [1.165, 1.54) is 6.07 Å². The van der Waals surface area contributed by atoms with Gasteiger partial charge in [0.15, 0.2) is 0 Å². The van der Waals surface area contributed by atoms with Crippen LogP contribution in [0.25, 0.3) is 0 Å². The van der Waals surface area contributed by atoms with Crippen molar-refractivity contribution in [1.29, 1.82) is 0 Å². The third-order valence-electron chi connectivity index (χ3n) is 3.66. The highest BCUT2D eigenvalue weighted by Gasteiger charge is 2.24. The molecule has 0 fully saturated rings. The Hall–Kier alpha value is -2.15. The Labute approximate surface area is 122 Å². The first-order valence-corrected chi connectivity index (χ1v) is 6.91. The summed E-state index contributed by atoms with van der Waals surface area (Å²) in [4.78, 5) is 22.1. The SMILES string of the molecule is CC(C)C(CO)Nc1cc2c(cc1[N+](=O)[O-])NC(=O)CC2. The molecule has 114 valence electrons. The molecule has 0 spiro atoms. The van der Waals surface area contributed by atoms with Crippen LogP contribution in [0.4, 0.5) is 17.1 Å². The van der Waals surface area contributed by atoms with Crippen molar-refractivity contribution in [2.75, 3.05) is 17.2 Å². The number of carbonyl (C=O) groups excluding carboxylic acids is 1. The number of nitro groups is 1. The van der Waals surface area contributed by atoms with Gasteiger partial charge in [-0.05, 0) is 24.0 Å². The Balaban J connectivity index is 2.40. The number of nitrogens with zero attached hydrogens (tertiary/aromatic N) is 1. The highest BCUT2D eigenvalue weighted by molar-refractivity contribution is 5.95. The second-order valence-electron chi connectivity index (χ2n) is 5.51. The maximum Gasteiger partial charge on any atom is 0.294 e. The number of carbonyl (C=O) groups is 1. The molecule has 0 aliphatic carbocycles. The number of aryl methyl sites for hydroxylation is 1. The summed E-state index contributed by atoms with van der Waals surface area (Å²) in [6.07, 6.45) is 0.928. The minimum Gasteiger partial charge on any atom is -0.394 e. The Morgan fingerprint density at radius 3 is 2.71 bits per heavy atom. The van der Waals surface area contributed by atoms with E-state index in [0.717, 1.165) is 5.56 Å². The van der Waals surface area contributed by atoms with Crippen molar-refractivity contribution in [3.05, 3.63) is 27.8 Å². The summed E-state index contributed by atoms with van der Waals surface area (Å²) in [6.45, 7) is 3.75. The monoisotopic (exact) mass is 293 g/mol. The second-order valence-corrected chi connectivity index (χ2v) is 5.51. The molecule has 7 heteroatoms. The lowest BCUT2D eigenvalue weighted by atomic mass is 10.00. The zero-order valence-corrected chi connectivity index (χ0v) is 12.0. The Kier molecular flexibility index (Phi) is 4.42. The van der Waals surface area contributed by atoms with Gasteiger partial charge >= 0.3 is 0 Å². The maximum atomic E-state index is 11.4. The second kappa shape index (κ2) is 6.09. The van der Waals surface area contributed by atoms with Crippen molar-refractivity contribution < 1.29 is 14.8 Å². The molecule has 0 saturated carbocycles. The molecular formula is C14H19N3O4. The molecule has 0 bridgehead atoms. The van der Waals surface area contributed by atoms with Crippen molar-refractivity contribution in [2.45, 2.75) is 32.7 Å². The predicted octanol–water partition coefficient (Wildman–Crippen LogP) is 1.91. The summed E-state index contributed by atoms with van der Waals surface area (Å²) >= 11 is 0. The number of amides is 1. The molecule has 1 aliphatic heterocycles. The molecule has 0 radical (unpaired) electrons. The topological polar surface area (TPSA) is 104 Å². The fraction of sp³-hybridized carbons (Fsp3) is 0.500. The number of rotatable bonds is 5. The van der Waals surface area contributed by atoms with Crippen LogP contribution in [-0.4, -0.2) is 28.6 Å². The molecule has 0 aromatic heterocycles. The fourth-order valence-electron chi connectivity index (χ4n) is 2.31. The van der Waals surface area contributed by atoms with Gasteiger partial charge in [0, 0.05) is 12.5 Å². The summed E-state index contributed by atoms with van der Waals surface area (Å²) in [5.74, 6) is -0.00161. The molecule has 1 aromatic rings. The first kappa shape index (κ1) is 15.2. The zero-order chi connectivity index (χ0) is 15.6. The van der Waals surface area contributed by atoms with Crippen LogP contribution in [0.1, 0.15) is 25.8 Å². The maximum absolute atomic E-state index is 11.4. The van der Waals surface area contributed by atoms with Crippen molar-refractivity contribution in [3.8, 4) is 0 Å². The molecule has 1 amide bonds. The van der Waals surface area contributed by atoms with Gasteiger partial charge in [-0.25, -0.2) is 0 Å². The number of benzene rings is 1. The van der Waals surface area contributed by atoms with E-state index >= 15 is 0 Å². The number of hydrogen-bond donors (Lipinski definition) is 3. The van der Waals surface area contributed by atoms with Gasteiger partial charge in [0.1, 0.15) is 5.69 Å². The van der Waals surface area contributed by atoms with Gasteiger partial charge in [-0.1, -0.05) is 13.8 Å². The van der Waals surface area contributed by atoms with Gasteiger partial charge in [-0.3, -0.25) is 14.9 Å². The zero-order valence-electron chi connectivity index (χ0n) is 12.0. The molecule has 21 heavy (non-hydrogen) atoms. The van der Waals surface area contributed by atoms with E-state index in [2.05, 4.69) is 10.6 Å². The third kappa shape index (κ3) is 3.30. The van der Waals surface area contributed by atoms with E-state index in [9.17, 15) is 20.0 Å². The average Bonchev–Trinajstić information content (AvgIpc) is 2.43. The minimum absolute atomic E-state index is 0.102. The molecule has 3 N–H and O–H groups in total. The number of hydrogen-bond acceptors (Lipinski definition) is 5. The standard InChI is InChI=1S/C14H19N3O4/c1-8(2)12(7-18)15-11-5-9-3-4-14(19)16-10(9)6-13(11)17(20)21/h5-6,8,12,15,18H,3-4,7H2,1-2H3,(H,16,19). The molecule has 1 atom stereocenters. The van der Waals surface area contributed by atoms with E-state index < -0.39 is 4.92 Å². The Morgan fingerprint density at radius 2 is 2.14 bits per heavy atom. The summed E-state index contributed by atoms with van der Waals surface area (Å²) in [5.41, 5.74) is 1.63. The average molecular weight is 293 g/mol. The molecule has 1 unspecified atom stereocenters. The third-order valence-corrected chi connectivity index (χ3v) is 3.66. The van der Waals surface area contributed by atoms with Crippen LogP contribution in [0.15, 0.2) is 12.1 Å². The summed E-state index contributed by atoms with van der Waals surface area (Å²) in [7, 11) is 0. The van der Waals surface area contributed by atoms with Gasteiger partial charge in [-0.2, -0.15) is 0 Å². The van der Waals surface area contributed by atoms with Gasteiger partial charge in [0.05, 0.1) is 23.3 Å². The van der Waals surface area contributed by atoms with Gasteiger partial charge in [-0.15, -0.1) is 0 Å². The van der Waals surface area contributed by atoms with Crippen LogP contribution >= 0.6 is 0 Å². The minimum atomic E-state index is -0.488. The molecule has 7 nitrogen and oxygen atoms in total. The normalized spacial score (nSPS) is 15.3. The van der Waals surface area contributed by atoms with Gasteiger partial charge in [0.25, 0.3) is 5.69 Å². The predicted molar refractivity (Wildman–Crippen MR) is 79.4 cm³/mol. The van der Waals surface area contributed by atoms with E-state index in [1.54, 1.807) is 6.07 Å². The number of nitrogens with one attached hydrogen (secondary N) is 2. The molecule has 1 heterocycles. The van der Waals surface area contributed by atoms with Crippen LogP contribution in [0.3, 0.4) is 0 Å². The molecule has 2 rings (SSSR count). The van der Waals surface area contributed by atoms with Crippen LogP contribution in [-0.2, 0) is 11.2 Å². The summed E-state index contributed by atoms with van der Waals surface area (Å²) in [6, 6.07) is 2.81. The van der Waals surface area contributed by atoms with E-state index in [4.69, 9.17) is 0 Å². The van der Waals surface area contributed by atoms with E-state index in [0.29, 0.717) is 24.2 Å². The van der Waals surface area contributed by atoms with Crippen LogP contribution in [0, 0.1) is 16.0 Å². The smallest absolute Gasteiger partial charge is 0.294 e. The lowest BCUT2D eigenvalue weighted by Gasteiger charge is -2.23. The molecule has 1 aromatic carbocycles. The van der Waals surface area contributed by atoms with Gasteiger partial charge in [0.2, 0.25) is 5.91 Å². The molecule has 0 saturated heterocycles. The van der Waals surface area contributed by atoms with E-state index in [-0.39, 0.29) is 30.2 Å². The number of aliphatic hydroxyl groups is 1. The number of nitro benzene ring substituents is 1. The van der Waals surface area contributed by atoms with Crippen LogP contribution in [0.5, 0.6) is 0 Å². The molecular weight excluding hydrogens is 274 g/mol. The summed E-state index contributed by atoms with van der Waals surface area (Å²) < 4.78 is 0. The largest absolute Gasteiger partial charge is 0.394 e. The number of aliphatic hydroxyl groups excluding tert-OH is 1. The quantitative estimate of drug-likeness (QED) is 0.568. The lowest BCUT2D eigenvalue weighted by molar-refractivity contribution is -0.383. The molecule has 1 aliphatic rings. The first-order valence-electron chi connectivity index (χ1n) is 6.91. The van der Waals surface area contributed by atoms with Crippen LogP contribution < -0.4 is 10.6 Å². The number of fused-ring (bicyclic) bond motifs is 1. The van der Waals surface area contributed by atoms with Crippen molar-refractivity contribution in [2.24, 2.45) is 5.92 Å². The van der Waals surface area contributed by atoms with Crippen molar-refractivity contribution in [1.82, 2.24) is 0 Å². The highest BCUT2D eigenvalue weighted by atomic mass is 16.6. The number of anilines is 2. The van der Waals surface area contributed by atoms with E-state index in [1.807, 2.05) is 13.8 Å². The van der Waals surface area contributed by atoms with Crippen molar-refractivity contribution in [3.63, 3.8) is 0 Å². The highest BCUT2D eigenvalue weighted by Crippen LogP contribution is 2.34. The van der Waals surface area contributed by atoms with Crippen LogP contribution in [0.2, 0.25) is 0 Å². The van der Waals surface area contributed by atoms with Gasteiger partial charge < -0.3 is 15.7 Å².